The van der Waals surface area contributed by atoms with E-state index in [2.05, 4.69) is 10.4 Å². The molecule has 0 atom stereocenters. The molecule has 1 aromatic heterocycles. The van der Waals surface area contributed by atoms with Gasteiger partial charge in [0.1, 0.15) is 0 Å². The van der Waals surface area contributed by atoms with Crippen molar-refractivity contribution in [2.24, 2.45) is 0 Å². The molecule has 4 aromatic rings. The van der Waals surface area contributed by atoms with Gasteiger partial charge in [-0.15, -0.1) is 0 Å². The third-order valence-corrected chi connectivity index (χ3v) is 5.50. The Morgan fingerprint density at radius 2 is 1.61 bits per heavy atom. The molecule has 3 aromatic carbocycles. The van der Waals surface area contributed by atoms with Crippen molar-refractivity contribution >= 4 is 35.1 Å². The number of carbonyl (C=O) groups is 2. The van der Waals surface area contributed by atoms with Gasteiger partial charge in [-0.25, -0.2) is 4.68 Å². The highest BCUT2D eigenvalue weighted by Gasteiger charge is 2.16. The van der Waals surface area contributed by atoms with Gasteiger partial charge < -0.3 is 5.32 Å². The number of ketones is 1. The average molecular weight is 456 g/mol. The second-order valence-electron chi connectivity index (χ2n) is 7.54. The van der Waals surface area contributed by atoms with Crippen LogP contribution in [-0.2, 0) is 4.79 Å². The van der Waals surface area contributed by atoms with Crippen molar-refractivity contribution in [3.8, 4) is 5.69 Å². The first-order valence-electron chi connectivity index (χ1n) is 10.4. The van der Waals surface area contributed by atoms with E-state index < -0.39 is 0 Å². The van der Waals surface area contributed by atoms with E-state index in [0.717, 1.165) is 22.6 Å². The van der Waals surface area contributed by atoms with Gasteiger partial charge in [0.2, 0.25) is 5.91 Å². The van der Waals surface area contributed by atoms with Gasteiger partial charge >= 0.3 is 0 Å². The first kappa shape index (κ1) is 22.2. The van der Waals surface area contributed by atoms with E-state index in [0.29, 0.717) is 21.8 Å². The fourth-order valence-electron chi connectivity index (χ4n) is 3.61. The van der Waals surface area contributed by atoms with Crippen LogP contribution in [0.5, 0.6) is 0 Å². The molecule has 6 heteroatoms. The molecule has 4 rings (SSSR count). The lowest BCUT2D eigenvalue weighted by atomic mass is 10.0. The number of hydrogen-bond donors (Lipinski definition) is 1. The zero-order valence-electron chi connectivity index (χ0n) is 18.2. The summed E-state index contributed by atoms with van der Waals surface area (Å²) in [7, 11) is 0. The number of rotatable bonds is 6. The fraction of sp³-hybridized carbons (Fsp3) is 0.0741. The molecule has 33 heavy (non-hydrogen) atoms. The summed E-state index contributed by atoms with van der Waals surface area (Å²) in [6, 6.07) is 23.5. The number of nitrogens with one attached hydrogen (secondary N) is 1. The zero-order valence-corrected chi connectivity index (χ0v) is 19.0. The lowest BCUT2D eigenvalue weighted by molar-refractivity contribution is -0.111. The average Bonchev–Trinajstić information content (AvgIpc) is 3.12. The monoisotopic (exact) mass is 455 g/mol. The number of benzene rings is 3. The van der Waals surface area contributed by atoms with Crippen LogP contribution in [0, 0.1) is 13.8 Å². The summed E-state index contributed by atoms with van der Waals surface area (Å²) < 4.78 is 1.85. The standard InChI is InChI=1S/C27H22ClN3O2/c1-18-23(19(2)31(30-18)22-11-7-4-8-12-22)14-16-26(32)29-25-15-13-21(28)17-24(25)27(33)20-9-5-3-6-10-20/h3-17H,1-2H3,(H,29,32)/b16-14+. The predicted molar refractivity (Wildman–Crippen MR) is 132 cm³/mol. The molecule has 0 aliphatic rings. The number of carbonyl (C=O) groups excluding carboxylic acids is 2. The number of amides is 1. The van der Waals surface area contributed by atoms with Gasteiger partial charge in [0.15, 0.2) is 5.78 Å². The summed E-state index contributed by atoms with van der Waals surface area (Å²) in [6.45, 7) is 3.86. The molecule has 0 aliphatic carbocycles. The Labute approximate surface area is 197 Å². The number of halogens is 1. The van der Waals surface area contributed by atoms with Gasteiger partial charge in [-0.2, -0.15) is 5.10 Å². The SMILES string of the molecule is Cc1nn(-c2ccccc2)c(C)c1/C=C/C(=O)Nc1ccc(Cl)cc1C(=O)c1ccccc1. The van der Waals surface area contributed by atoms with Crippen LogP contribution in [0.4, 0.5) is 5.69 Å². The van der Waals surface area contributed by atoms with Crippen molar-refractivity contribution in [2.45, 2.75) is 13.8 Å². The van der Waals surface area contributed by atoms with Crippen LogP contribution in [0.1, 0.15) is 32.9 Å². The van der Waals surface area contributed by atoms with E-state index in [1.807, 2.05) is 54.9 Å². The summed E-state index contributed by atoms with van der Waals surface area (Å²) in [5, 5.41) is 7.82. The Kier molecular flexibility index (Phi) is 6.52. The molecule has 0 saturated heterocycles. The van der Waals surface area contributed by atoms with Gasteiger partial charge in [-0.05, 0) is 50.3 Å². The number of anilines is 1. The van der Waals surface area contributed by atoms with Crippen LogP contribution in [0.15, 0.2) is 84.9 Å². The van der Waals surface area contributed by atoms with Gasteiger partial charge in [-0.1, -0.05) is 60.1 Å². The van der Waals surface area contributed by atoms with Crippen LogP contribution in [-0.4, -0.2) is 21.5 Å². The van der Waals surface area contributed by atoms with Gasteiger partial charge in [0, 0.05) is 33.5 Å². The predicted octanol–water partition coefficient (Wildman–Crippen LogP) is 6.03. The van der Waals surface area contributed by atoms with E-state index >= 15 is 0 Å². The quantitative estimate of drug-likeness (QED) is 0.285. The van der Waals surface area contributed by atoms with Crippen LogP contribution < -0.4 is 5.32 Å². The number of aromatic nitrogens is 2. The molecule has 0 spiro atoms. The minimum atomic E-state index is -0.356. The van der Waals surface area contributed by atoms with Gasteiger partial charge in [-0.3, -0.25) is 9.59 Å². The van der Waals surface area contributed by atoms with E-state index in [4.69, 9.17) is 11.6 Å². The van der Waals surface area contributed by atoms with Crippen molar-refractivity contribution in [1.82, 2.24) is 9.78 Å². The molecule has 5 nitrogen and oxygen atoms in total. The largest absolute Gasteiger partial charge is 0.322 e. The maximum atomic E-state index is 13.0. The lowest BCUT2D eigenvalue weighted by Gasteiger charge is -2.10. The maximum absolute atomic E-state index is 13.0. The molecular weight excluding hydrogens is 434 g/mol. The highest BCUT2D eigenvalue weighted by molar-refractivity contribution is 6.31. The minimum absolute atomic E-state index is 0.215. The van der Waals surface area contributed by atoms with Gasteiger partial charge in [0.05, 0.1) is 17.1 Å². The number of hydrogen-bond acceptors (Lipinski definition) is 3. The Hall–Kier alpha value is -3.96. The summed E-state index contributed by atoms with van der Waals surface area (Å²) in [5.74, 6) is -0.570. The van der Waals surface area contributed by atoms with Crippen molar-refractivity contribution in [3.05, 3.63) is 118 Å². The van der Waals surface area contributed by atoms with E-state index in [1.165, 1.54) is 6.08 Å². The van der Waals surface area contributed by atoms with Crippen molar-refractivity contribution in [2.75, 3.05) is 5.32 Å². The Morgan fingerprint density at radius 3 is 2.30 bits per heavy atom. The summed E-state index contributed by atoms with van der Waals surface area (Å²) in [6.07, 6.45) is 3.18. The van der Waals surface area contributed by atoms with Crippen LogP contribution >= 0.6 is 11.6 Å². The van der Waals surface area contributed by atoms with Crippen molar-refractivity contribution < 1.29 is 9.59 Å². The third kappa shape index (κ3) is 4.94. The minimum Gasteiger partial charge on any atom is -0.322 e. The van der Waals surface area contributed by atoms with Crippen LogP contribution in [0.25, 0.3) is 11.8 Å². The zero-order chi connectivity index (χ0) is 23.4. The Bertz CT molecular complexity index is 1340. The van der Waals surface area contributed by atoms with Gasteiger partial charge in [0.25, 0.3) is 0 Å². The summed E-state index contributed by atoms with van der Waals surface area (Å²) in [4.78, 5) is 25.7. The summed E-state index contributed by atoms with van der Waals surface area (Å²) >= 11 is 6.13. The Morgan fingerprint density at radius 1 is 0.939 bits per heavy atom. The fourth-order valence-corrected chi connectivity index (χ4v) is 3.78. The first-order chi connectivity index (χ1) is 15.9. The molecule has 0 fully saturated rings. The molecule has 0 unspecified atom stereocenters. The van der Waals surface area contributed by atoms with Crippen LogP contribution in [0.3, 0.4) is 0 Å². The van der Waals surface area contributed by atoms with E-state index in [-0.39, 0.29) is 11.7 Å². The third-order valence-electron chi connectivity index (χ3n) is 5.27. The summed E-state index contributed by atoms with van der Waals surface area (Å²) in [5.41, 5.74) is 4.81. The second-order valence-corrected chi connectivity index (χ2v) is 7.98. The number of para-hydroxylation sites is 1. The normalized spacial score (nSPS) is 11.0. The van der Waals surface area contributed by atoms with E-state index in [9.17, 15) is 9.59 Å². The molecular formula is C27H22ClN3O2. The first-order valence-corrected chi connectivity index (χ1v) is 10.8. The molecule has 0 aliphatic heterocycles. The van der Waals surface area contributed by atoms with Crippen LogP contribution in [0.2, 0.25) is 5.02 Å². The molecule has 0 radical (unpaired) electrons. The highest BCUT2D eigenvalue weighted by Crippen LogP contribution is 2.24. The molecule has 0 bridgehead atoms. The maximum Gasteiger partial charge on any atom is 0.248 e. The smallest absolute Gasteiger partial charge is 0.248 e. The lowest BCUT2D eigenvalue weighted by Crippen LogP contribution is -2.13. The Balaban J connectivity index is 1.57. The molecule has 1 heterocycles. The molecule has 164 valence electrons. The topological polar surface area (TPSA) is 64.0 Å². The van der Waals surface area contributed by atoms with E-state index in [1.54, 1.807) is 48.5 Å². The molecule has 0 saturated carbocycles. The molecule has 1 amide bonds. The number of nitrogens with zero attached hydrogens (tertiary/aromatic N) is 2. The van der Waals surface area contributed by atoms with Crippen molar-refractivity contribution in [3.63, 3.8) is 0 Å². The van der Waals surface area contributed by atoms with Crippen molar-refractivity contribution in [1.29, 1.82) is 0 Å². The number of aryl methyl sites for hydroxylation is 1. The highest BCUT2D eigenvalue weighted by atomic mass is 35.5. The second kappa shape index (κ2) is 9.67. The molecule has 1 N–H and O–H groups in total.